The summed E-state index contributed by atoms with van der Waals surface area (Å²) in [5, 5.41) is 16.1. The van der Waals surface area contributed by atoms with E-state index >= 15 is 0 Å². The van der Waals surface area contributed by atoms with Crippen LogP contribution < -0.4 is 21.5 Å². The number of phenolic OH excluding ortho intramolecular Hbond substituents is 1. The highest BCUT2D eigenvalue weighted by Crippen LogP contribution is 2.32. The van der Waals surface area contributed by atoms with E-state index in [2.05, 4.69) is 10.6 Å². The number of phenols is 1. The number of benzene rings is 1. The third kappa shape index (κ3) is 3.70. The van der Waals surface area contributed by atoms with Crippen molar-refractivity contribution in [3.8, 4) is 5.75 Å². The highest BCUT2D eigenvalue weighted by Gasteiger charge is 2.25. The summed E-state index contributed by atoms with van der Waals surface area (Å²) in [5.74, 6) is -0.658. The number of carbonyl (C=O) groups is 1. The van der Waals surface area contributed by atoms with Crippen LogP contribution in [-0.2, 0) is 4.74 Å². The molecule has 0 heterocycles. The number of hydrogen-bond acceptors (Lipinski definition) is 7. The monoisotopic (exact) mass is 361 g/mol. The molecule has 0 unspecified atom stereocenters. The number of nitrogens with one attached hydrogen (secondary N) is 2. The van der Waals surface area contributed by atoms with Gasteiger partial charge in [-0.2, -0.15) is 0 Å². The van der Waals surface area contributed by atoms with Gasteiger partial charge in [-0.15, -0.1) is 0 Å². The number of para-hydroxylation sites is 1. The number of anilines is 3. The second-order valence-electron chi connectivity index (χ2n) is 6.14. The maximum atomic E-state index is 12.1. The highest BCUT2D eigenvalue weighted by atomic mass is 16.5. The molecule has 0 aliphatic heterocycles. The topological polar surface area (TPSA) is 108 Å². The van der Waals surface area contributed by atoms with Crippen LogP contribution in [0.1, 0.15) is 23.7 Å². The second-order valence-corrected chi connectivity index (χ2v) is 6.14. The molecule has 1 amide bonds. The smallest absolute Gasteiger partial charge is 0.257 e. The van der Waals surface area contributed by atoms with Crippen molar-refractivity contribution in [1.82, 2.24) is 4.90 Å². The molecule has 3 N–H and O–H groups in total. The van der Waals surface area contributed by atoms with Crippen molar-refractivity contribution < 1.29 is 14.6 Å². The molecule has 1 atom stereocenters. The molecule has 140 valence electrons. The summed E-state index contributed by atoms with van der Waals surface area (Å²) >= 11 is 0. The van der Waals surface area contributed by atoms with Crippen LogP contribution in [0, 0.1) is 0 Å². The van der Waals surface area contributed by atoms with E-state index in [1.807, 2.05) is 6.92 Å². The van der Waals surface area contributed by atoms with Crippen LogP contribution in [0.15, 0.2) is 27.8 Å². The zero-order valence-corrected chi connectivity index (χ0v) is 15.3. The Morgan fingerprint density at radius 3 is 2.46 bits per heavy atom. The van der Waals surface area contributed by atoms with Gasteiger partial charge in [-0.1, -0.05) is 13.0 Å². The molecule has 2 aromatic carbocycles. The van der Waals surface area contributed by atoms with Crippen molar-refractivity contribution in [2.24, 2.45) is 0 Å². The summed E-state index contributed by atoms with van der Waals surface area (Å²) in [4.78, 5) is 37.3. The normalized spacial score (nSPS) is 12.0. The molecule has 0 aromatic heterocycles. The van der Waals surface area contributed by atoms with E-state index in [0.29, 0.717) is 13.0 Å². The number of nitrogens with zero attached hydrogens (tertiary/aromatic N) is 1. The summed E-state index contributed by atoms with van der Waals surface area (Å²) in [5.41, 5.74) is -0.811. The Labute approximate surface area is 151 Å². The number of methoxy groups -OCH3 is 1. The third-order valence-electron chi connectivity index (χ3n) is 4.05. The fraction of sp³-hybridized carbons (Fsp3) is 0.389. The van der Waals surface area contributed by atoms with Gasteiger partial charge in [0.2, 0.25) is 0 Å². The van der Waals surface area contributed by atoms with E-state index in [1.165, 1.54) is 17.0 Å². The predicted octanol–water partition coefficient (Wildman–Crippen LogP) is 1.27. The molecule has 0 aliphatic rings. The van der Waals surface area contributed by atoms with E-state index in [9.17, 15) is 19.5 Å². The third-order valence-corrected chi connectivity index (χ3v) is 4.05. The molecular weight excluding hydrogens is 338 g/mol. The van der Waals surface area contributed by atoms with Crippen LogP contribution in [0.5, 0.6) is 5.75 Å². The van der Waals surface area contributed by atoms with Gasteiger partial charge in [0, 0.05) is 27.2 Å². The SMILES string of the molecule is CC[C@@H](COC)Nc1c(Nc2cccc(C(=O)N(C)C)c2O)c(=O)c1=O. The Kier molecular flexibility index (Phi) is 5.99. The van der Waals surface area contributed by atoms with Gasteiger partial charge in [0.1, 0.15) is 11.4 Å². The summed E-state index contributed by atoms with van der Waals surface area (Å²) in [7, 11) is 4.69. The van der Waals surface area contributed by atoms with Gasteiger partial charge >= 0.3 is 0 Å². The van der Waals surface area contributed by atoms with Gasteiger partial charge in [-0.05, 0) is 18.6 Å². The molecule has 0 fully saturated rings. The Morgan fingerprint density at radius 2 is 1.88 bits per heavy atom. The lowest BCUT2D eigenvalue weighted by atomic mass is 10.1. The minimum atomic E-state index is -0.677. The lowest BCUT2D eigenvalue weighted by molar-refractivity contribution is 0.0824. The zero-order valence-electron chi connectivity index (χ0n) is 15.3. The first kappa shape index (κ1) is 19.5. The summed E-state index contributed by atoms with van der Waals surface area (Å²) in [6, 6.07) is 4.46. The number of aromatic hydroxyl groups is 1. The molecule has 2 aromatic rings. The first-order chi connectivity index (χ1) is 12.3. The van der Waals surface area contributed by atoms with E-state index in [0.717, 1.165) is 0 Å². The predicted molar refractivity (Wildman–Crippen MR) is 100 cm³/mol. The van der Waals surface area contributed by atoms with Crippen molar-refractivity contribution in [2.45, 2.75) is 19.4 Å². The lowest BCUT2D eigenvalue weighted by Crippen LogP contribution is -2.40. The molecule has 2 rings (SSSR count). The van der Waals surface area contributed by atoms with Crippen molar-refractivity contribution in [2.75, 3.05) is 38.4 Å². The van der Waals surface area contributed by atoms with E-state index < -0.39 is 10.9 Å². The maximum absolute atomic E-state index is 12.1. The molecule has 8 nitrogen and oxygen atoms in total. The Hall–Kier alpha value is -2.87. The summed E-state index contributed by atoms with van der Waals surface area (Å²) in [6.07, 6.45) is 0.699. The van der Waals surface area contributed by atoms with Crippen LogP contribution in [0.3, 0.4) is 0 Å². The molecule has 26 heavy (non-hydrogen) atoms. The van der Waals surface area contributed by atoms with Gasteiger partial charge in [0.15, 0.2) is 5.75 Å². The first-order valence-electron chi connectivity index (χ1n) is 8.21. The van der Waals surface area contributed by atoms with Gasteiger partial charge < -0.3 is 25.4 Å². The lowest BCUT2D eigenvalue weighted by Gasteiger charge is -2.21. The van der Waals surface area contributed by atoms with Crippen LogP contribution in [0.25, 0.3) is 0 Å². The van der Waals surface area contributed by atoms with E-state index in [-0.39, 0.29) is 40.3 Å². The van der Waals surface area contributed by atoms with Crippen LogP contribution in [0.4, 0.5) is 17.1 Å². The molecule has 0 spiro atoms. The molecule has 0 saturated carbocycles. The van der Waals surface area contributed by atoms with Gasteiger partial charge in [0.25, 0.3) is 16.8 Å². The van der Waals surface area contributed by atoms with Crippen LogP contribution in [0.2, 0.25) is 0 Å². The van der Waals surface area contributed by atoms with E-state index in [1.54, 1.807) is 27.3 Å². The van der Waals surface area contributed by atoms with Crippen molar-refractivity contribution in [3.63, 3.8) is 0 Å². The highest BCUT2D eigenvalue weighted by molar-refractivity contribution is 5.99. The maximum Gasteiger partial charge on any atom is 0.257 e. The molecule has 0 aliphatic carbocycles. The van der Waals surface area contributed by atoms with Crippen LogP contribution in [-0.4, -0.2) is 49.8 Å². The van der Waals surface area contributed by atoms with Gasteiger partial charge in [0.05, 0.1) is 17.9 Å². The number of amides is 1. The van der Waals surface area contributed by atoms with Gasteiger partial charge in [-0.3, -0.25) is 14.4 Å². The zero-order chi connectivity index (χ0) is 19.4. The standard InChI is InChI=1S/C18H23N3O5/c1-5-10(9-26-4)19-13-14(17(24)16(13)23)20-12-8-6-7-11(15(12)22)18(25)21(2)3/h6-8,10,19-20,22H,5,9H2,1-4H3/t10-/m0/s1. The minimum absolute atomic E-state index is 0.0642. The Balaban J connectivity index is 2.32. The average Bonchev–Trinajstić information content (AvgIpc) is 2.63. The largest absolute Gasteiger partial charge is 0.505 e. The van der Waals surface area contributed by atoms with E-state index in [4.69, 9.17) is 4.74 Å². The summed E-state index contributed by atoms with van der Waals surface area (Å²) in [6.45, 7) is 2.31. The fourth-order valence-electron chi connectivity index (χ4n) is 2.51. The summed E-state index contributed by atoms with van der Waals surface area (Å²) < 4.78 is 5.08. The minimum Gasteiger partial charge on any atom is -0.505 e. The average molecular weight is 361 g/mol. The number of rotatable bonds is 8. The molecule has 8 heteroatoms. The van der Waals surface area contributed by atoms with Crippen molar-refractivity contribution in [3.05, 3.63) is 44.2 Å². The molecule has 0 saturated heterocycles. The number of hydrogen-bond donors (Lipinski definition) is 3. The van der Waals surface area contributed by atoms with Gasteiger partial charge in [-0.25, -0.2) is 0 Å². The second kappa shape index (κ2) is 8.01. The first-order valence-corrected chi connectivity index (χ1v) is 8.21. The van der Waals surface area contributed by atoms with Crippen LogP contribution >= 0.6 is 0 Å². The molecular formula is C18H23N3O5. The number of ether oxygens (including phenoxy) is 1. The molecule has 0 radical (unpaired) electrons. The Bertz CT molecular complexity index is 868. The Morgan fingerprint density at radius 1 is 1.23 bits per heavy atom. The quantitative estimate of drug-likeness (QED) is 0.480. The van der Waals surface area contributed by atoms with Crippen molar-refractivity contribution in [1.29, 1.82) is 0 Å². The fourth-order valence-corrected chi connectivity index (χ4v) is 2.51. The number of carbonyl (C=O) groups excluding carboxylic acids is 1. The van der Waals surface area contributed by atoms with Crippen molar-refractivity contribution >= 4 is 23.0 Å². The molecule has 0 bridgehead atoms.